The number of nitrogens with one attached hydrogen (secondary N) is 2. The zero-order valence-corrected chi connectivity index (χ0v) is 12.3. The molecule has 2 saturated carbocycles. The zero-order chi connectivity index (χ0) is 14.6. The molecule has 2 aliphatic carbocycles. The molecule has 3 N–H and O–H groups in total. The third-order valence-corrected chi connectivity index (χ3v) is 5.06. The smallest absolute Gasteiger partial charge is 0.329 e. The standard InChI is InChI=1S/C15H26N2O3/c1-2-11-4-6-12(7-5-11)10-16-14(20)17-15(13(18)19)8-3-9-15/h11-12H,2-10H2,1H3,(H,18,19)(H2,16,17,20). The molecule has 2 rings (SSSR count). The Bertz CT molecular complexity index is 358. The summed E-state index contributed by atoms with van der Waals surface area (Å²) in [6.45, 7) is 2.90. The van der Waals surface area contributed by atoms with Crippen molar-refractivity contribution in [1.29, 1.82) is 0 Å². The van der Waals surface area contributed by atoms with E-state index in [2.05, 4.69) is 17.6 Å². The first-order chi connectivity index (χ1) is 9.55. The third-order valence-electron chi connectivity index (χ3n) is 5.06. The van der Waals surface area contributed by atoms with Crippen LogP contribution in [-0.4, -0.2) is 29.2 Å². The highest BCUT2D eigenvalue weighted by Crippen LogP contribution is 2.32. The summed E-state index contributed by atoms with van der Waals surface area (Å²) in [4.78, 5) is 23.0. The van der Waals surface area contributed by atoms with Crippen LogP contribution in [0.5, 0.6) is 0 Å². The van der Waals surface area contributed by atoms with Gasteiger partial charge in [-0.1, -0.05) is 26.2 Å². The van der Waals surface area contributed by atoms with Gasteiger partial charge in [0.05, 0.1) is 0 Å². The van der Waals surface area contributed by atoms with E-state index in [9.17, 15) is 9.59 Å². The van der Waals surface area contributed by atoms with Gasteiger partial charge in [-0.3, -0.25) is 0 Å². The molecule has 0 bridgehead atoms. The molecular weight excluding hydrogens is 256 g/mol. The lowest BCUT2D eigenvalue weighted by Gasteiger charge is -2.38. The van der Waals surface area contributed by atoms with Gasteiger partial charge >= 0.3 is 12.0 Å². The number of carboxylic acids is 1. The third kappa shape index (κ3) is 3.44. The molecule has 0 saturated heterocycles. The highest BCUT2D eigenvalue weighted by molar-refractivity contribution is 5.87. The molecule has 0 aromatic rings. The largest absolute Gasteiger partial charge is 0.480 e. The normalized spacial score (nSPS) is 28.2. The highest BCUT2D eigenvalue weighted by Gasteiger charge is 2.45. The van der Waals surface area contributed by atoms with E-state index in [4.69, 9.17) is 5.11 Å². The van der Waals surface area contributed by atoms with Crippen molar-refractivity contribution in [2.24, 2.45) is 11.8 Å². The molecule has 2 fully saturated rings. The number of rotatable bonds is 5. The first kappa shape index (κ1) is 15.1. The fourth-order valence-corrected chi connectivity index (χ4v) is 3.27. The molecule has 5 heteroatoms. The second-order valence-corrected chi connectivity index (χ2v) is 6.37. The van der Waals surface area contributed by atoms with Crippen molar-refractivity contribution in [3.8, 4) is 0 Å². The predicted molar refractivity (Wildman–Crippen MR) is 76.5 cm³/mol. The summed E-state index contributed by atoms with van der Waals surface area (Å²) in [6.07, 6.45) is 8.04. The number of amides is 2. The maximum absolute atomic E-state index is 11.8. The second-order valence-electron chi connectivity index (χ2n) is 6.37. The summed E-state index contributed by atoms with van der Waals surface area (Å²) in [5.74, 6) is 0.485. The zero-order valence-electron chi connectivity index (χ0n) is 12.3. The SMILES string of the molecule is CCC1CCC(CNC(=O)NC2(C(=O)O)CCC2)CC1. The van der Waals surface area contributed by atoms with Gasteiger partial charge in [-0.15, -0.1) is 0 Å². The Kier molecular flexibility index (Phi) is 4.89. The summed E-state index contributed by atoms with van der Waals surface area (Å²) in [6, 6.07) is -0.329. The summed E-state index contributed by atoms with van der Waals surface area (Å²) in [5, 5.41) is 14.7. The molecule has 0 aromatic carbocycles. The Morgan fingerprint density at radius 1 is 1.15 bits per heavy atom. The lowest BCUT2D eigenvalue weighted by Crippen LogP contribution is -2.61. The van der Waals surface area contributed by atoms with E-state index >= 15 is 0 Å². The maximum Gasteiger partial charge on any atom is 0.329 e. The Labute approximate surface area is 120 Å². The van der Waals surface area contributed by atoms with Crippen molar-refractivity contribution in [1.82, 2.24) is 10.6 Å². The average Bonchev–Trinajstić information content (AvgIpc) is 2.40. The van der Waals surface area contributed by atoms with E-state index in [1.165, 1.54) is 32.1 Å². The fourth-order valence-electron chi connectivity index (χ4n) is 3.27. The van der Waals surface area contributed by atoms with Crippen molar-refractivity contribution >= 4 is 12.0 Å². The van der Waals surface area contributed by atoms with Crippen molar-refractivity contribution in [2.75, 3.05) is 6.54 Å². The van der Waals surface area contributed by atoms with Crippen molar-refractivity contribution in [2.45, 2.75) is 63.8 Å². The Hall–Kier alpha value is -1.26. The Morgan fingerprint density at radius 2 is 1.75 bits per heavy atom. The molecule has 2 amide bonds. The quantitative estimate of drug-likeness (QED) is 0.725. The van der Waals surface area contributed by atoms with E-state index in [0.29, 0.717) is 25.3 Å². The van der Waals surface area contributed by atoms with Crippen molar-refractivity contribution in [3.05, 3.63) is 0 Å². The second kappa shape index (κ2) is 6.46. The summed E-state index contributed by atoms with van der Waals surface area (Å²) in [7, 11) is 0. The number of aliphatic carboxylic acids is 1. The van der Waals surface area contributed by atoms with E-state index in [-0.39, 0.29) is 6.03 Å². The van der Waals surface area contributed by atoms with Crippen LogP contribution in [0.2, 0.25) is 0 Å². The van der Waals surface area contributed by atoms with Crippen LogP contribution in [0.25, 0.3) is 0 Å². The molecule has 20 heavy (non-hydrogen) atoms. The molecule has 2 aliphatic rings. The average molecular weight is 282 g/mol. The van der Waals surface area contributed by atoms with Gasteiger partial charge in [0.15, 0.2) is 0 Å². The van der Waals surface area contributed by atoms with Gasteiger partial charge in [0.25, 0.3) is 0 Å². The molecule has 114 valence electrons. The molecule has 0 atom stereocenters. The van der Waals surface area contributed by atoms with Gasteiger partial charge in [-0.2, -0.15) is 0 Å². The van der Waals surface area contributed by atoms with Gasteiger partial charge in [0.1, 0.15) is 5.54 Å². The lowest BCUT2D eigenvalue weighted by atomic mass is 9.77. The minimum Gasteiger partial charge on any atom is -0.480 e. The van der Waals surface area contributed by atoms with Crippen LogP contribution in [0.15, 0.2) is 0 Å². The first-order valence-electron chi connectivity index (χ1n) is 7.85. The summed E-state index contributed by atoms with van der Waals surface area (Å²) in [5.41, 5.74) is -1.01. The van der Waals surface area contributed by atoms with Crippen molar-refractivity contribution in [3.63, 3.8) is 0 Å². The van der Waals surface area contributed by atoms with E-state index < -0.39 is 11.5 Å². The highest BCUT2D eigenvalue weighted by atomic mass is 16.4. The van der Waals surface area contributed by atoms with Gasteiger partial charge < -0.3 is 15.7 Å². The minimum atomic E-state index is -1.01. The van der Waals surface area contributed by atoms with E-state index in [1.54, 1.807) is 0 Å². The summed E-state index contributed by atoms with van der Waals surface area (Å²) >= 11 is 0. The number of carbonyl (C=O) groups excluding carboxylic acids is 1. The van der Waals surface area contributed by atoms with Crippen molar-refractivity contribution < 1.29 is 14.7 Å². The van der Waals surface area contributed by atoms with Gasteiger partial charge in [-0.25, -0.2) is 9.59 Å². The molecule has 0 aromatic heterocycles. The van der Waals surface area contributed by atoms with Crippen LogP contribution in [-0.2, 0) is 4.79 Å². The number of urea groups is 1. The Balaban J connectivity index is 1.69. The molecule has 0 spiro atoms. The molecule has 5 nitrogen and oxygen atoms in total. The van der Waals surface area contributed by atoms with Crippen LogP contribution in [0.3, 0.4) is 0 Å². The molecule has 0 heterocycles. The first-order valence-corrected chi connectivity index (χ1v) is 7.85. The number of carboxylic acid groups (broad SMARTS) is 1. The van der Waals surface area contributed by atoms with Gasteiger partial charge in [0.2, 0.25) is 0 Å². The van der Waals surface area contributed by atoms with Crippen LogP contribution < -0.4 is 10.6 Å². The topological polar surface area (TPSA) is 78.4 Å². The monoisotopic (exact) mass is 282 g/mol. The fraction of sp³-hybridized carbons (Fsp3) is 0.867. The number of hydrogen-bond donors (Lipinski definition) is 3. The summed E-state index contributed by atoms with van der Waals surface area (Å²) < 4.78 is 0. The predicted octanol–water partition coefficient (Wildman–Crippen LogP) is 2.51. The lowest BCUT2D eigenvalue weighted by molar-refractivity contribution is -0.148. The van der Waals surface area contributed by atoms with E-state index in [0.717, 1.165) is 12.3 Å². The van der Waals surface area contributed by atoms with Crippen LogP contribution in [0.1, 0.15) is 58.3 Å². The Morgan fingerprint density at radius 3 is 2.20 bits per heavy atom. The van der Waals surface area contributed by atoms with Gasteiger partial charge in [0, 0.05) is 6.54 Å². The molecule has 0 unspecified atom stereocenters. The molecular formula is C15H26N2O3. The van der Waals surface area contributed by atoms with E-state index in [1.807, 2.05) is 0 Å². The number of hydrogen-bond acceptors (Lipinski definition) is 2. The minimum absolute atomic E-state index is 0.329. The number of carbonyl (C=O) groups is 2. The van der Waals surface area contributed by atoms with Crippen LogP contribution in [0.4, 0.5) is 4.79 Å². The maximum atomic E-state index is 11.8. The molecule has 0 radical (unpaired) electrons. The van der Waals surface area contributed by atoms with Crippen LogP contribution in [0, 0.1) is 11.8 Å². The van der Waals surface area contributed by atoms with Gasteiger partial charge in [-0.05, 0) is 43.9 Å². The van der Waals surface area contributed by atoms with Crippen LogP contribution >= 0.6 is 0 Å². The molecule has 0 aliphatic heterocycles.